The van der Waals surface area contributed by atoms with Gasteiger partial charge in [-0.2, -0.15) is 0 Å². The quantitative estimate of drug-likeness (QED) is 0.737. The second-order valence-corrected chi connectivity index (χ2v) is 7.79. The Bertz CT molecular complexity index is 630. The third-order valence-electron chi connectivity index (χ3n) is 4.61. The highest BCUT2D eigenvalue weighted by Crippen LogP contribution is 2.26. The van der Waals surface area contributed by atoms with Crippen molar-refractivity contribution < 1.29 is 19.5 Å². The maximum Gasteiger partial charge on any atom is 0.306 e. The molecule has 0 spiro atoms. The summed E-state index contributed by atoms with van der Waals surface area (Å²) >= 11 is 1.51. The number of carboxylic acids is 1. The van der Waals surface area contributed by atoms with E-state index in [9.17, 15) is 14.4 Å². The summed E-state index contributed by atoms with van der Waals surface area (Å²) in [5.41, 5.74) is 0. The summed E-state index contributed by atoms with van der Waals surface area (Å²) in [5.74, 6) is -1.35. The first-order chi connectivity index (χ1) is 12.4. The lowest BCUT2D eigenvalue weighted by atomic mass is 9.97. The van der Waals surface area contributed by atoms with Crippen molar-refractivity contribution in [2.75, 3.05) is 26.7 Å². The van der Waals surface area contributed by atoms with Gasteiger partial charge in [0.15, 0.2) is 0 Å². The molecule has 0 saturated carbocycles. The van der Waals surface area contributed by atoms with Crippen LogP contribution in [0.1, 0.15) is 26.2 Å². The van der Waals surface area contributed by atoms with Crippen LogP contribution in [0, 0.1) is 5.92 Å². The Morgan fingerprint density at radius 3 is 2.38 bits per heavy atom. The molecule has 1 heterocycles. The fraction of sp³-hybridized carbons (Fsp3) is 0.526. The molecule has 1 fully saturated rings. The number of hydrogen-bond acceptors (Lipinski definition) is 4. The third-order valence-corrected chi connectivity index (χ3v) is 5.98. The fourth-order valence-corrected chi connectivity index (χ4v) is 4.06. The molecule has 7 heteroatoms. The summed E-state index contributed by atoms with van der Waals surface area (Å²) in [5, 5.41) is 8.80. The van der Waals surface area contributed by atoms with Crippen molar-refractivity contribution in [3.05, 3.63) is 30.3 Å². The fourth-order valence-electron chi connectivity index (χ4n) is 2.97. The smallest absolute Gasteiger partial charge is 0.306 e. The number of nitrogens with zero attached hydrogens (tertiary/aromatic N) is 2. The molecular weight excluding hydrogens is 352 g/mol. The van der Waals surface area contributed by atoms with Gasteiger partial charge >= 0.3 is 5.97 Å². The van der Waals surface area contributed by atoms with Gasteiger partial charge in [-0.05, 0) is 31.4 Å². The zero-order valence-electron chi connectivity index (χ0n) is 15.3. The van der Waals surface area contributed by atoms with Crippen molar-refractivity contribution in [1.29, 1.82) is 0 Å². The summed E-state index contributed by atoms with van der Waals surface area (Å²) in [6.07, 6.45) is 1.63. The number of hydrogen-bond donors (Lipinski definition) is 1. The van der Waals surface area contributed by atoms with Crippen LogP contribution in [0.3, 0.4) is 0 Å². The van der Waals surface area contributed by atoms with Crippen LogP contribution in [-0.2, 0) is 14.4 Å². The molecule has 1 saturated heterocycles. The Morgan fingerprint density at radius 2 is 1.85 bits per heavy atom. The monoisotopic (exact) mass is 378 g/mol. The SMILES string of the molecule is CCC(Sc1ccccc1)C(=O)N(C)CC(=O)N1CCC(C(=O)O)CC1. The zero-order chi connectivity index (χ0) is 19.1. The summed E-state index contributed by atoms with van der Waals surface area (Å²) in [6, 6.07) is 9.75. The predicted molar refractivity (Wildman–Crippen MR) is 101 cm³/mol. The van der Waals surface area contributed by atoms with Crippen molar-refractivity contribution in [3.8, 4) is 0 Å². The predicted octanol–water partition coefficient (Wildman–Crippen LogP) is 2.34. The summed E-state index contributed by atoms with van der Waals surface area (Å²) in [7, 11) is 1.65. The van der Waals surface area contributed by atoms with E-state index in [0.29, 0.717) is 32.4 Å². The molecule has 1 aromatic rings. The third kappa shape index (κ3) is 5.49. The highest BCUT2D eigenvalue weighted by atomic mass is 32.2. The number of carbonyl (C=O) groups excluding carboxylic acids is 2. The highest BCUT2D eigenvalue weighted by molar-refractivity contribution is 8.00. The van der Waals surface area contributed by atoms with Gasteiger partial charge in [0.25, 0.3) is 0 Å². The molecule has 1 aliphatic rings. The van der Waals surface area contributed by atoms with Crippen LogP contribution >= 0.6 is 11.8 Å². The Hall–Kier alpha value is -2.02. The number of carbonyl (C=O) groups is 3. The van der Waals surface area contributed by atoms with Crippen molar-refractivity contribution >= 4 is 29.5 Å². The number of carboxylic acid groups (broad SMARTS) is 1. The van der Waals surface area contributed by atoms with Gasteiger partial charge < -0.3 is 14.9 Å². The molecule has 1 atom stereocenters. The van der Waals surface area contributed by atoms with Gasteiger partial charge in [0.1, 0.15) is 0 Å². The van der Waals surface area contributed by atoms with E-state index in [-0.39, 0.29) is 29.5 Å². The molecule has 0 aliphatic carbocycles. The first-order valence-corrected chi connectivity index (χ1v) is 9.77. The van der Waals surface area contributed by atoms with E-state index in [1.54, 1.807) is 11.9 Å². The van der Waals surface area contributed by atoms with Gasteiger partial charge in [-0.15, -0.1) is 11.8 Å². The molecule has 6 nitrogen and oxygen atoms in total. The van der Waals surface area contributed by atoms with Crippen molar-refractivity contribution in [2.24, 2.45) is 5.92 Å². The van der Waals surface area contributed by atoms with E-state index < -0.39 is 5.97 Å². The lowest BCUT2D eigenvalue weighted by Crippen LogP contribution is -2.46. The highest BCUT2D eigenvalue weighted by Gasteiger charge is 2.29. The van der Waals surface area contributed by atoms with Gasteiger partial charge in [-0.3, -0.25) is 14.4 Å². The molecule has 26 heavy (non-hydrogen) atoms. The molecule has 2 rings (SSSR count). The maximum absolute atomic E-state index is 12.7. The molecule has 1 unspecified atom stereocenters. The number of amides is 2. The maximum atomic E-state index is 12.7. The summed E-state index contributed by atoms with van der Waals surface area (Å²) in [6.45, 7) is 2.87. The Balaban J connectivity index is 1.87. The van der Waals surface area contributed by atoms with Crippen LogP contribution in [0.5, 0.6) is 0 Å². The van der Waals surface area contributed by atoms with Crippen molar-refractivity contribution in [3.63, 3.8) is 0 Å². The Labute approximate surface area is 158 Å². The van der Waals surface area contributed by atoms with Crippen molar-refractivity contribution in [1.82, 2.24) is 9.80 Å². The number of likely N-dealkylation sites (N-methyl/N-ethyl adjacent to an activating group) is 1. The number of piperidine rings is 1. The molecule has 142 valence electrons. The van der Waals surface area contributed by atoms with E-state index in [2.05, 4.69) is 0 Å². The van der Waals surface area contributed by atoms with Gasteiger partial charge in [0, 0.05) is 25.0 Å². The van der Waals surface area contributed by atoms with Crippen LogP contribution in [-0.4, -0.2) is 64.6 Å². The second-order valence-electron chi connectivity index (χ2n) is 6.52. The van der Waals surface area contributed by atoms with Crippen LogP contribution in [0.2, 0.25) is 0 Å². The van der Waals surface area contributed by atoms with Gasteiger partial charge in [0.05, 0.1) is 17.7 Å². The van der Waals surface area contributed by atoms with Gasteiger partial charge in [-0.1, -0.05) is 25.1 Å². The van der Waals surface area contributed by atoms with E-state index in [1.165, 1.54) is 16.7 Å². The van der Waals surface area contributed by atoms with Crippen LogP contribution < -0.4 is 0 Å². The minimum Gasteiger partial charge on any atom is -0.481 e. The number of rotatable bonds is 7. The topological polar surface area (TPSA) is 77.9 Å². The van der Waals surface area contributed by atoms with Crippen LogP contribution in [0.25, 0.3) is 0 Å². The average molecular weight is 378 g/mol. The molecule has 0 radical (unpaired) electrons. The van der Waals surface area contributed by atoms with Crippen LogP contribution in [0.15, 0.2) is 35.2 Å². The number of likely N-dealkylation sites (tertiary alicyclic amines) is 1. The van der Waals surface area contributed by atoms with E-state index in [1.807, 2.05) is 37.3 Å². The lowest BCUT2D eigenvalue weighted by molar-refractivity contribution is -0.146. The minimum absolute atomic E-state index is 0.0302. The van der Waals surface area contributed by atoms with E-state index in [4.69, 9.17) is 5.11 Å². The number of thioether (sulfide) groups is 1. The van der Waals surface area contributed by atoms with E-state index in [0.717, 1.165) is 4.90 Å². The van der Waals surface area contributed by atoms with Crippen molar-refractivity contribution in [2.45, 2.75) is 36.3 Å². The molecule has 0 aromatic heterocycles. The first kappa shape index (κ1) is 20.3. The minimum atomic E-state index is -0.798. The molecule has 1 aromatic carbocycles. The number of benzene rings is 1. The first-order valence-electron chi connectivity index (χ1n) is 8.89. The van der Waals surface area contributed by atoms with E-state index >= 15 is 0 Å². The zero-order valence-corrected chi connectivity index (χ0v) is 16.1. The second kappa shape index (κ2) is 9.62. The Kier molecular flexibility index (Phi) is 7.50. The molecule has 2 amide bonds. The summed E-state index contributed by atoms with van der Waals surface area (Å²) < 4.78 is 0. The molecule has 0 bridgehead atoms. The molecular formula is C19H26N2O4S. The summed E-state index contributed by atoms with van der Waals surface area (Å²) in [4.78, 5) is 40.3. The van der Waals surface area contributed by atoms with Crippen LogP contribution in [0.4, 0.5) is 0 Å². The lowest BCUT2D eigenvalue weighted by Gasteiger charge is -2.32. The number of aliphatic carboxylic acids is 1. The normalized spacial score (nSPS) is 16.2. The van der Waals surface area contributed by atoms with Gasteiger partial charge in [-0.25, -0.2) is 0 Å². The molecule has 1 aliphatic heterocycles. The van der Waals surface area contributed by atoms with Gasteiger partial charge in [0.2, 0.25) is 11.8 Å². The Morgan fingerprint density at radius 1 is 1.23 bits per heavy atom. The average Bonchev–Trinajstić information content (AvgIpc) is 2.66. The molecule has 1 N–H and O–H groups in total. The standard InChI is InChI=1S/C19H26N2O4S/c1-3-16(26-15-7-5-4-6-8-15)18(23)20(2)13-17(22)21-11-9-14(10-12-21)19(24)25/h4-8,14,16H,3,9-13H2,1-2H3,(H,24,25). The largest absolute Gasteiger partial charge is 0.481 e.